The van der Waals surface area contributed by atoms with E-state index in [1.54, 1.807) is 7.11 Å². The standard InChI is InChI=1S/C22H20N4O3/c1-14-3-9-17(10-4-14)24-22(28)18-12-23-26-20(27)11-19(25-21(18)26)16-7-5-15(6-8-16)13-29-2/h3-12,23H,13H2,1-2H3,(H,24,28). The largest absolute Gasteiger partial charge is 0.380 e. The number of carbonyl (C=O) groups excluding carboxylic acids is 1. The zero-order chi connectivity index (χ0) is 20.4. The van der Waals surface area contributed by atoms with Crippen molar-refractivity contribution in [1.82, 2.24) is 14.6 Å². The van der Waals surface area contributed by atoms with Gasteiger partial charge in [0.1, 0.15) is 5.56 Å². The van der Waals surface area contributed by atoms with Crippen LogP contribution in [0, 0.1) is 6.92 Å². The highest BCUT2D eigenvalue weighted by atomic mass is 16.5. The Morgan fingerprint density at radius 2 is 1.86 bits per heavy atom. The first-order valence-corrected chi connectivity index (χ1v) is 9.12. The highest BCUT2D eigenvalue weighted by Gasteiger charge is 2.16. The van der Waals surface area contributed by atoms with Gasteiger partial charge in [0.2, 0.25) is 0 Å². The summed E-state index contributed by atoms with van der Waals surface area (Å²) < 4.78 is 6.38. The third kappa shape index (κ3) is 3.81. The summed E-state index contributed by atoms with van der Waals surface area (Å²) in [6, 6.07) is 16.5. The smallest absolute Gasteiger partial charge is 0.273 e. The number of methoxy groups -OCH3 is 1. The van der Waals surface area contributed by atoms with E-state index < -0.39 is 0 Å². The number of nitrogens with one attached hydrogen (secondary N) is 2. The Labute approximate surface area is 167 Å². The first-order valence-electron chi connectivity index (χ1n) is 9.12. The normalized spacial score (nSPS) is 11.0. The molecule has 2 N–H and O–H groups in total. The molecule has 7 heteroatoms. The van der Waals surface area contributed by atoms with Crippen molar-refractivity contribution in [1.29, 1.82) is 0 Å². The number of fused-ring (bicyclic) bond motifs is 1. The summed E-state index contributed by atoms with van der Waals surface area (Å²) in [4.78, 5) is 29.8. The van der Waals surface area contributed by atoms with Gasteiger partial charge in [-0.1, -0.05) is 42.0 Å². The van der Waals surface area contributed by atoms with Crippen LogP contribution in [0.5, 0.6) is 0 Å². The Bertz CT molecular complexity index is 1220. The van der Waals surface area contributed by atoms with Crippen LogP contribution in [0.4, 0.5) is 5.69 Å². The van der Waals surface area contributed by atoms with Gasteiger partial charge in [0.15, 0.2) is 5.65 Å². The molecule has 0 aliphatic rings. The molecule has 0 saturated carbocycles. The fourth-order valence-electron chi connectivity index (χ4n) is 3.07. The van der Waals surface area contributed by atoms with E-state index >= 15 is 0 Å². The third-order valence-corrected chi connectivity index (χ3v) is 4.61. The van der Waals surface area contributed by atoms with Crippen LogP contribution in [0.15, 0.2) is 65.6 Å². The Hall–Kier alpha value is -3.71. The van der Waals surface area contributed by atoms with Gasteiger partial charge in [0.25, 0.3) is 11.5 Å². The zero-order valence-corrected chi connectivity index (χ0v) is 16.1. The average molecular weight is 388 g/mol. The molecule has 0 aliphatic carbocycles. The summed E-state index contributed by atoms with van der Waals surface area (Å²) >= 11 is 0. The molecule has 2 aromatic heterocycles. The second kappa shape index (κ2) is 7.73. The Balaban J connectivity index is 1.70. The van der Waals surface area contributed by atoms with Crippen molar-refractivity contribution in [3.05, 3.63) is 87.8 Å². The molecule has 0 radical (unpaired) electrons. The zero-order valence-electron chi connectivity index (χ0n) is 16.1. The van der Waals surface area contributed by atoms with Gasteiger partial charge >= 0.3 is 0 Å². The van der Waals surface area contributed by atoms with E-state index in [4.69, 9.17) is 4.74 Å². The number of hydrogen-bond donors (Lipinski definition) is 2. The van der Waals surface area contributed by atoms with Crippen LogP contribution in [-0.4, -0.2) is 27.6 Å². The van der Waals surface area contributed by atoms with Gasteiger partial charge in [-0.15, -0.1) is 0 Å². The van der Waals surface area contributed by atoms with Crippen LogP contribution >= 0.6 is 0 Å². The topological polar surface area (TPSA) is 88.5 Å². The molecule has 0 bridgehead atoms. The first kappa shape index (κ1) is 18.6. The number of hydrogen-bond acceptors (Lipinski definition) is 4. The molecule has 146 valence electrons. The molecule has 0 unspecified atom stereocenters. The summed E-state index contributed by atoms with van der Waals surface area (Å²) in [7, 11) is 1.64. The maximum absolute atomic E-state index is 12.7. The molecule has 0 saturated heterocycles. The van der Waals surface area contributed by atoms with E-state index in [9.17, 15) is 9.59 Å². The minimum atomic E-state index is -0.341. The van der Waals surface area contributed by atoms with Crippen molar-refractivity contribution in [2.75, 3.05) is 12.4 Å². The SMILES string of the molecule is COCc1ccc(-c2cc(=O)n3[nH]cc(C(=O)Nc4ccc(C)cc4)c3n2)cc1. The lowest BCUT2D eigenvalue weighted by Gasteiger charge is -2.06. The number of nitrogens with zero attached hydrogens (tertiary/aromatic N) is 2. The lowest BCUT2D eigenvalue weighted by Crippen LogP contribution is -2.16. The van der Waals surface area contributed by atoms with E-state index in [1.807, 2.05) is 55.5 Å². The maximum Gasteiger partial charge on any atom is 0.273 e. The van der Waals surface area contributed by atoms with Crippen molar-refractivity contribution in [3.63, 3.8) is 0 Å². The number of aryl methyl sites for hydroxylation is 1. The minimum Gasteiger partial charge on any atom is -0.380 e. The number of aromatic amines is 1. The number of aromatic nitrogens is 3. The van der Waals surface area contributed by atoms with Gasteiger partial charge in [-0.05, 0) is 24.6 Å². The maximum atomic E-state index is 12.7. The quantitative estimate of drug-likeness (QED) is 0.548. The number of carbonyl (C=O) groups is 1. The number of benzene rings is 2. The van der Waals surface area contributed by atoms with E-state index in [1.165, 1.54) is 16.8 Å². The molecule has 7 nitrogen and oxygen atoms in total. The fraction of sp³-hybridized carbons (Fsp3) is 0.136. The summed E-state index contributed by atoms with van der Waals surface area (Å²) in [6.07, 6.45) is 1.48. The molecular formula is C22H20N4O3. The number of rotatable bonds is 5. The van der Waals surface area contributed by atoms with Crippen molar-refractivity contribution >= 4 is 17.2 Å². The molecule has 0 spiro atoms. The summed E-state index contributed by atoms with van der Waals surface area (Å²) in [5, 5.41) is 5.64. The summed E-state index contributed by atoms with van der Waals surface area (Å²) in [5.41, 5.74) is 4.36. The molecule has 2 heterocycles. The molecule has 2 aromatic carbocycles. The molecule has 29 heavy (non-hydrogen) atoms. The monoisotopic (exact) mass is 388 g/mol. The van der Waals surface area contributed by atoms with Crippen molar-refractivity contribution < 1.29 is 9.53 Å². The van der Waals surface area contributed by atoms with Crippen molar-refractivity contribution in [2.45, 2.75) is 13.5 Å². The predicted octanol–water partition coefficient (Wildman–Crippen LogP) is 3.40. The van der Waals surface area contributed by atoms with Crippen LogP contribution < -0.4 is 10.9 Å². The average Bonchev–Trinajstić information content (AvgIpc) is 3.15. The van der Waals surface area contributed by atoms with E-state index in [-0.39, 0.29) is 17.1 Å². The Morgan fingerprint density at radius 3 is 2.55 bits per heavy atom. The van der Waals surface area contributed by atoms with Gasteiger partial charge in [0, 0.05) is 30.6 Å². The van der Waals surface area contributed by atoms with Crippen LogP contribution in [-0.2, 0) is 11.3 Å². The molecule has 1 amide bonds. The highest BCUT2D eigenvalue weighted by molar-refractivity contribution is 6.08. The second-order valence-electron chi connectivity index (χ2n) is 6.78. The van der Waals surface area contributed by atoms with Crippen molar-refractivity contribution in [3.8, 4) is 11.3 Å². The van der Waals surface area contributed by atoms with Gasteiger partial charge in [0.05, 0.1) is 12.3 Å². The molecule has 4 aromatic rings. The number of ether oxygens (including phenoxy) is 1. The first-order chi connectivity index (χ1) is 14.0. The highest BCUT2D eigenvalue weighted by Crippen LogP contribution is 2.19. The molecule has 0 aliphatic heterocycles. The molecule has 0 fully saturated rings. The van der Waals surface area contributed by atoms with E-state index in [2.05, 4.69) is 15.4 Å². The van der Waals surface area contributed by atoms with E-state index in [0.717, 1.165) is 16.7 Å². The van der Waals surface area contributed by atoms with Gasteiger partial charge in [-0.2, -0.15) is 0 Å². The third-order valence-electron chi connectivity index (χ3n) is 4.61. The van der Waals surface area contributed by atoms with E-state index in [0.29, 0.717) is 23.6 Å². The van der Waals surface area contributed by atoms with Crippen LogP contribution in [0.2, 0.25) is 0 Å². The van der Waals surface area contributed by atoms with Crippen LogP contribution in [0.25, 0.3) is 16.9 Å². The lowest BCUT2D eigenvalue weighted by atomic mass is 10.1. The molecule has 4 rings (SSSR count). The molecule has 0 atom stereocenters. The Morgan fingerprint density at radius 1 is 1.14 bits per heavy atom. The molecular weight excluding hydrogens is 368 g/mol. The van der Waals surface area contributed by atoms with Crippen LogP contribution in [0.3, 0.4) is 0 Å². The number of H-pyrrole nitrogens is 1. The van der Waals surface area contributed by atoms with Gasteiger partial charge < -0.3 is 10.1 Å². The van der Waals surface area contributed by atoms with Crippen LogP contribution in [0.1, 0.15) is 21.5 Å². The Kier molecular flexibility index (Phi) is 4.97. The van der Waals surface area contributed by atoms with Crippen molar-refractivity contribution in [2.24, 2.45) is 0 Å². The van der Waals surface area contributed by atoms with Gasteiger partial charge in [-0.3, -0.25) is 14.7 Å². The minimum absolute atomic E-state index is 0.276. The van der Waals surface area contributed by atoms with Gasteiger partial charge in [-0.25, -0.2) is 9.50 Å². The second-order valence-corrected chi connectivity index (χ2v) is 6.78. The summed E-state index contributed by atoms with van der Waals surface area (Å²) in [6.45, 7) is 2.49. The number of anilines is 1. The number of amides is 1. The predicted molar refractivity (Wildman–Crippen MR) is 111 cm³/mol. The lowest BCUT2D eigenvalue weighted by molar-refractivity contribution is 0.102. The summed E-state index contributed by atoms with van der Waals surface area (Å²) in [5.74, 6) is -0.341. The fourth-order valence-corrected chi connectivity index (χ4v) is 3.07.